The van der Waals surface area contributed by atoms with Gasteiger partial charge in [0.25, 0.3) is 18.2 Å². The molecule has 0 saturated carbocycles. The Morgan fingerprint density at radius 3 is 2.45 bits per heavy atom. The molecule has 2 amide bonds. The van der Waals surface area contributed by atoms with Crippen LogP contribution in [0.15, 0.2) is 30.5 Å². The van der Waals surface area contributed by atoms with Crippen LogP contribution in [0.2, 0.25) is 0 Å². The molecule has 0 saturated heterocycles. The van der Waals surface area contributed by atoms with Crippen LogP contribution in [0, 0.1) is 23.7 Å². The van der Waals surface area contributed by atoms with Gasteiger partial charge >= 0.3 is 0 Å². The molecule has 2 unspecified atom stereocenters. The molecule has 2 atom stereocenters. The van der Waals surface area contributed by atoms with Gasteiger partial charge < -0.3 is 11.1 Å². The average molecular weight is 402 g/mol. The zero-order valence-corrected chi connectivity index (χ0v) is 15.0. The quantitative estimate of drug-likeness (QED) is 0.266. The molecule has 11 heteroatoms. The summed E-state index contributed by atoms with van der Waals surface area (Å²) in [6.07, 6.45) is -1.63. The lowest BCUT2D eigenvalue weighted by Crippen LogP contribution is -2.66. The molecule has 1 aromatic carbocycles. The summed E-state index contributed by atoms with van der Waals surface area (Å²) in [4.78, 5) is 24.0. The van der Waals surface area contributed by atoms with Gasteiger partial charge in [0.15, 0.2) is 5.69 Å². The Kier molecular flexibility index (Phi) is 6.98. The second-order valence-corrected chi connectivity index (χ2v) is 5.99. The number of benzene rings is 1. The Bertz CT molecular complexity index is 983. The summed E-state index contributed by atoms with van der Waals surface area (Å²) in [6.45, 7) is 0.886. The monoisotopic (exact) mass is 402 g/mol. The van der Waals surface area contributed by atoms with Gasteiger partial charge in [0.05, 0.1) is 6.20 Å². The third kappa shape index (κ3) is 5.59. The molecule has 9 nitrogen and oxygen atoms in total. The van der Waals surface area contributed by atoms with Gasteiger partial charge in [-0.25, -0.2) is 14.3 Å². The molecular formula is C18H16F2N6O3. The van der Waals surface area contributed by atoms with E-state index < -0.39 is 29.8 Å². The molecule has 0 radical (unpaired) electrons. The van der Waals surface area contributed by atoms with E-state index in [1.54, 1.807) is 0 Å². The molecular weight excluding hydrogens is 386 g/mol. The van der Waals surface area contributed by atoms with Crippen LogP contribution < -0.4 is 16.5 Å². The van der Waals surface area contributed by atoms with E-state index in [0.717, 1.165) is 6.92 Å². The molecule has 2 rings (SSSR count). The summed E-state index contributed by atoms with van der Waals surface area (Å²) in [7, 11) is 0. The number of alkyl halides is 2. The summed E-state index contributed by atoms with van der Waals surface area (Å²) in [5.41, 5.74) is 5.32. The van der Waals surface area contributed by atoms with Gasteiger partial charge in [0.2, 0.25) is 0 Å². The number of H-pyrrole nitrogens is 1. The fraction of sp³-hybridized carbons (Fsp3) is 0.222. The van der Waals surface area contributed by atoms with Gasteiger partial charge in [0.1, 0.15) is 11.6 Å². The van der Waals surface area contributed by atoms with E-state index in [4.69, 9.17) is 10.9 Å². The number of hydrogen-bond donors (Lipinski definition) is 5. The van der Waals surface area contributed by atoms with E-state index >= 15 is 0 Å². The fourth-order valence-electron chi connectivity index (χ4n) is 2.07. The van der Waals surface area contributed by atoms with Gasteiger partial charge in [-0.15, -0.1) is 5.10 Å². The Hall–Kier alpha value is -3.80. The lowest BCUT2D eigenvalue weighted by molar-refractivity contribution is -0.134. The number of aromatic nitrogens is 3. The number of halogens is 2. The van der Waals surface area contributed by atoms with Crippen LogP contribution in [0.3, 0.4) is 0 Å². The second kappa shape index (κ2) is 9.41. The number of aromatic amines is 1. The summed E-state index contributed by atoms with van der Waals surface area (Å²) < 4.78 is 26.3. The van der Waals surface area contributed by atoms with Crippen molar-refractivity contribution in [2.45, 2.75) is 24.9 Å². The van der Waals surface area contributed by atoms with Crippen LogP contribution in [0.25, 0.3) is 0 Å². The fourth-order valence-corrected chi connectivity index (χ4v) is 2.07. The van der Waals surface area contributed by atoms with Crippen molar-refractivity contribution in [3.8, 4) is 23.7 Å². The maximum absolute atomic E-state index is 13.1. The number of amides is 2. The molecule has 0 aliphatic carbocycles. The molecule has 1 heterocycles. The molecule has 0 bridgehead atoms. The molecule has 1 aromatic heterocycles. The number of nitrogens with zero attached hydrogens (tertiary/aromatic N) is 2. The lowest BCUT2D eigenvalue weighted by atomic mass is 9.92. The predicted octanol–water partition coefficient (Wildman–Crippen LogP) is -0.206. The van der Waals surface area contributed by atoms with Crippen molar-refractivity contribution < 1.29 is 23.6 Å². The molecule has 0 aliphatic rings. The minimum atomic E-state index is -3.14. The van der Waals surface area contributed by atoms with Crippen molar-refractivity contribution in [1.82, 2.24) is 26.2 Å². The SMILES string of the molecule is CC(N)(C(F)F)C(NC(=O)c1ccc(C#CC#Cc2c[nH]nn2)cc1)C(=O)NO. The Morgan fingerprint density at radius 2 is 1.90 bits per heavy atom. The summed E-state index contributed by atoms with van der Waals surface area (Å²) in [5.74, 6) is 8.49. The Morgan fingerprint density at radius 1 is 1.24 bits per heavy atom. The van der Waals surface area contributed by atoms with Crippen LogP contribution in [-0.2, 0) is 4.79 Å². The first-order chi connectivity index (χ1) is 13.8. The third-order valence-electron chi connectivity index (χ3n) is 3.76. The zero-order chi connectivity index (χ0) is 21.4. The van der Waals surface area contributed by atoms with Crippen molar-refractivity contribution in [2.24, 2.45) is 5.73 Å². The molecule has 0 spiro atoms. The van der Waals surface area contributed by atoms with E-state index in [-0.39, 0.29) is 5.56 Å². The highest BCUT2D eigenvalue weighted by Gasteiger charge is 2.44. The number of hydroxylamine groups is 1. The minimum Gasteiger partial charge on any atom is -0.338 e. The number of nitrogens with one attached hydrogen (secondary N) is 3. The van der Waals surface area contributed by atoms with E-state index in [1.165, 1.54) is 35.9 Å². The zero-order valence-electron chi connectivity index (χ0n) is 15.0. The molecule has 29 heavy (non-hydrogen) atoms. The normalized spacial score (nSPS) is 13.2. The third-order valence-corrected chi connectivity index (χ3v) is 3.76. The summed E-state index contributed by atoms with van der Waals surface area (Å²) in [5, 5.41) is 20.5. The topological polar surface area (TPSA) is 146 Å². The second-order valence-electron chi connectivity index (χ2n) is 5.99. The first-order valence-corrected chi connectivity index (χ1v) is 8.06. The number of rotatable bonds is 5. The summed E-state index contributed by atoms with van der Waals surface area (Å²) in [6, 6.07) is 3.92. The molecule has 6 N–H and O–H groups in total. The Labute approximate surface area is 164 Å². The maximum atomic E-state index is 13.1. The highest BCUT2D eigenvalue weighted by atomic mass is 19.3. The smallest absolute Gasteiger partial charge is 0.268 e. The van der Waals surface area contributed by atoms with Crippen LogP contribution >= 0.6 is 0 Å². The number of carbonyl (C=O) groups is 2. The standard InChI is InChI=1S/C18H16F2N6O3/c1-18(21,17(19)20)14(16(28)25-29)23-15(27)12-8-6-11(7-9-12)4-2-3-5-13-10-22-26-24-13/h6-10,14,17,29H,21H2,1H3,(H,23,27)(H,25,28)(H,22,24,26). The van der Waals surface area contributed by atoms with E-state index in [0.29, 0.717) is 11.3 Å². The minimum absolute atomic E-state index is 0.0741. The first kappa shape index (κ1) is 21.5. The van der Waals surface area contributed by atoms with E-state index in [9.17, 15) is 18.4 Å². The largest absolute Gasteiger partial charge is 0.338 e. The van der Waals surface area contributed by atoms with Crippen molar-refractivity contribution in [1.29, 1.82) is 0 Å². The maximum Gasteiger partial charge on any atom is 0.268 e. The first-order valence-electron chi connectivity index (χ1n) is 8.06. The number of nitrogens with two attached hydrogens (primary N) is 1. The molecule has 150 valence electrons. The molecule has 0 fully saturated rings. The Balaban J connectivity index is 2.10. The average Bonchev–Trinajstić information content (AvgIpc) is 3.22. The number of carbonyl (C=O) groups excluding carboxylic acids is 2. The van der Waals surface area contributed by atoms with Gasteiger partial charge in [-0.05, 0) is 49.0 Å². The van der Waals surface area contributed by atoms with Crippen molar-refractivity contribution in [3.05, 3.63) is 47.3 Å². The van der Waals surface area contributed by atoms with Crippen LogP contribution in [0.4, 0.5) is 8.78 Å². The van der Waals surface area contributed by atoms with Crippen molar-refractivity contribution in [3.63, 3.8) is 0 Å². The van der Waals surface area contributed by atoms with Crippen LogP contribution in [0.1, 0.15) is 28.5 Å². The van der Waals surface area contributed by atoms with Crippen LogP contribution in [-0.4, -0.2) is 50.4 Å². The van der Waals surface area contributed by atoms with Crippen molar-refractivity contribution >= 4 is 11.8 Å². The van der Waals surface area contributed by atoms with E-state index in [1.807, 2.05) is 0 Å². The van der Waals surface area contributed by atoms with Gasteiger partial charge in [0, 0.05) is 11.1 Å². The molecule has 0 aliphatic heterocycles. The van der Waals surface area contributed by atoms with Crippen LogP contribution in [0.5, 0.6) is 0 Å². The lowest BCUT2D eigenvalue weighted by Gasteiger charge is -2.32. The van der Waals surface area contributed by atoms with Crippen molar-refractivity contribution in [2.75, 3.05) is 0 Å². The van der Waals surface area contributed by atoms with Gasteiger partial charge in [-0.2, -0.15) is 0 Å². The highest BCUT2D eigenvalue weighted by Crippen LogP contribution is 2.18. The van der Waals surface area contributed by atoms with E-state index in [2.05, 4.69) is 44.4 Å². The van der Waals surface area contributed by atoms with Gasteiger partial charge in [-0.1, -0.05) is 11.1 Å². The predicted molar refractivity (Wildman–Crippen MR) is 96.4 cm³/mol. The molecule has 2 aromatic rings. The number of hydrogen-bond acceptors (Lipinski definition) is 6. The van der Waals surface area contributed by atoms with Gasteiger partial charge in [-0.3, -0.25) is 19.9 Å². The summed E-state index contributed by atoms with van der Waals surface area (Å²) >= 11 is 0. The highest BCUT2D eigenvalue weighted by molar-refractivity contribution is 5.98.